The zero-order chi connectivity index (χ0) is 20.8. The summed E-state index contributed by atoms with van der Waals surface area (Å²) in [6.45, 7) is 3.88. The van der Waals surface area contributed by atoms with Crippen molar-refractivity contribution in [3.8, 4) is 0 Å². The largest absolute Gasteiger partial charge is 0.350 e. The summed E-state index contributed by atoms with van der Waals surface area (Å²) in [5.74, 6) is -0.673. The normalized spacial score (nSPS) is 10.4. The summed E-state index contributed by atoms with van der Waals surface area (Å²) in [6.07, 6.45) is 3.30. The molecule has 0 radical (unpaired) electrons. The van der Waals surface area contributed by atoms with E-state index in [2.05, 4.69) is 15.6 Å². The smallest absolute Gasteiger partial charge is 0.274 e. The molecule has 0 aliphatic carbocycles. The molecule has 0 fully saturated rings. The van der Waals surface area contributed by atoms with Crippen LogP contribution in [0.1, 0.15) is 27.2 Å². The third-order valence-corrected chi connectivity index (χ3v) is 4.50. The van der Waals surface area contributed by atoms with E-state index in [1.54, 1.807) is 55.7 Å². The van der Waals surface area contributed by atoms with Crippen LogP contribution in [0.5, 0.6) is 0 Å². The highest BCUT2D eigenvalue weighted by atomic mass is 16.2. The van der Waals surface area contributed by atoms with Gasteiger partial charge in [0.25, 0.3) is 11.5 Å². The second-order valence-corrected chi connectivity index (χ2v) is 6.73. The van der Waals surface area contributed by atoms with Gasteiger partial charge in [-0.15, -0.1) is 0 Å². The third kappa shape index (κ3) is 5.16. The molecule has 29 heavy (non-hydrogen) atoms. The maximum absolute atomic E-state index is 12.8. The highest BCUT2D eigenvalue weighted by molar-refractivity contribution is 6.04. The Morgan fingerprint density at radius 3 is 2.34 bits per heavy atom. The van der Waals surface area contributed by atoms with Gasteiger partial charge in [-0.1, -0.05) is 17.7 Å². The van der Waals surface area contributed by atoms with E-state index in [4.69, 9.17) is 0 Å². The zero-order valence-corrected chi connectivity index (χ0v) is 16.3. The molecular formula is C22H22N4O3. The number of nitrogens with zero attached hydrogens (tertiary/aromatic N) is 2. The number of hydrogen-bond donors (Lipinski definition) is 2. The van der Waals surface area contributed by atoms with Crippen molar-refractivity contribution >= 4 is 17.5 Å². The van der Waals surface area contributed by atoms with E-state index >= 15 is 0 Å². The lowest BCUT2D eigenvalue weighted by atomic mass is 10.1. The fourth-order valence-electron chi connectivity index (χ4n) is 2.76. The number of anilines is 1. The number of pyridine rings is 2. The van der Waals surface area contributed by atoms with E-state index in [0.717, 1.165) is 11.1 Å². The Bertz CT molecular complexity index is 1070. The van der Waals surface area contributed by atoms with Crippen molar-refractivity contribution < 1.29 is 9.59 Å². The van der Waals surface area contributed by atoms with E-state index < -0.39 is 5.56 Å². The first kappa shape index (κ1) is 20.0. The lowest BCUT2D eigenvalue weighted by molar-refractivity contribution is -0.121. The van der Waals surface area contributed by atoms with E-state index in [1.165, 1.54) is 4.57 Å². The van der Waals surface area contributed by atoms with Crippen LogP contribution in [-0.4, -0.2) is 21.4 Å². The molecule has 0 unspecified atom stereocenters. The van der Waals surface area contributed by atoms with Gasteiger partial charge in [-0.05, 0) is 55.8 Å². The van der Waals surface area contributed by atoms with Crippen LogP contribution in [0.3, 0.4) is 0 Å². The Morgan fingerprint density at radius 1 is 0.966 bits per heavy atom. The van der Waals surface area contributed by atoms with Crippen molar-refractivity contribution in [3.05, 3.63) is 93.7 Å². The van der Waals surface area contributed by atoms with Gasteiger partial charge in [0.2, 0.25) is 5.91 Å². The highest BCUT2D eigenvalue weighted by Gasteiger charge is 2.13. The van der Waals surface area contributed by atoms with Crippen LogP contribution in [0.25, 0.3) is 0 Å². The lowest BCUT2D eigenvalue weighted by Crippen LogP contribution is -2.34. The highest BCUT2D eigenvalue weighted by Crippen LogP contribution is 2.08. The van der Waals surface area contributed by atoms with Crippen LogP contribution in [0.4, 0.5) is 5.69 Å². The molecule has 3 aromatic rings. The Balaban J connectivity index is 1.71. The van der Waals surface area contributed by atoms with Crippen molar-refractivity contribution in [1.82, 2.24) is 14.9 Å². The van der Waals surface area contributed by atoms with Gasteiger partial charge in [-0.2, -0.15) is 0 Å². The van der Waals surface area contributed by atoms with Crippen molar-refractivity contribution in [2.45, 2.75) is 26.9 Å². The lowest BCUT2D eigenvalue weighted by Gasteiger charge is -2.13. The molecule has 7 heteroatoms. The van der Waals surface area contributed by atoms with E-state index in [9.17, 15) is 14.4 Å². The Hall–Kier alpha value is -3.74. The topological polar surface area (TPSA) is 93.1 Å². The van der Waals surface area contributed by atoms with Crippen molar-refractivity contribution in [2.24, 2.45) is 0 Å². The molecule has 0 atom stereocenters. The van der Waals surface area contributed by atoms with Gasteiger partial charge in [-0.3, -0.25) is 19.4 Å². The Kier molecular flexibility index (Phi) is 6.19. The Labute approximate surface area is 168 Å². The Morgan fingerprint density at radius 2 is 1.66 bits per heavy atom. The predicted molar refractivity (Wildman–Crippen MR) is 111 cm³/mol. The number of nitrogens with one attached hydrogen (secondary N) is 2. The standard InChI is InChI=1S/C22H22N4O3/c1-15-3-6-18(7-4-15)21(28)25-19-8-5-16(2)26(22(19)29)14-20(27)24-13-17-9-11-23-12-10-17/h3-12H,13-14H2,1-2H3,(H,24,27)(H,25,28). The van der Waals surface area contributed by atoms with Gasteiger partial charge in [-0.25, -0.2) is 0 Å². The molecule has 148 valence electrons. The number of rotatable bonds is 6. The molecule has 2 N–H and O–H groups in total. The van der Waals surface area contributed by atoms with Crippen LogP contribution in [0, 0.1) is 13.8 Å². The number of aromatic nitrogens is 2. The maximum atomic E-state index is 12.8. The molecule has 0 aliphatic rings. The predicted octanol–water partition coefficient (Wildman–Crippen LogP) is 2.43. The fourth-order valence-corrected chi connectivity index (χ4v) is 2.76. The van der Waals surface area contributed by atoms with Crippen molar-refractivity contribution in [1.29, 1.82) is 0 Å². The van der Waals surface area contributed by atoms with Gasteiger partial charge >= 0.3 is 0 Å². The monoisotopic (exact) mass is 390 g/mol. The zero-order valence-electron chi connectivity index (χ0n) is 16.3. The minimum Gasteiger partial charge on any atom is -0.350 e. The number of hydrogen-bond acceptors (Lipinski definition) is 4. The minimum absolute atomic E-state index is 0.128. The molecule has 0 saturated carbocycles. The average Bonchev–Trinajstić information content (AvgIpc) is 2.73. The number of carbonyl (C=O) groups excluding carboxylic acids is 2. The molecule has 0 spiro atoms. The summed E-state index contributed by atoms with van der Waals surface area (Å²) in [5, 5.41) is 5.41. The van der Waals surface area contributed by atoms with Crippen LogP contribution >= 0.6 is 0 Å². The van der Waals surface area contributed by atoms with Crippen LogP contribution in [0.2, 0.25) is 0 Å². The van der Waals surface area contributed by atoms with Gasteiger partial charge in [0.1, 0.15) is 12.2 Å². The molecule has 1 aromatic carbocycles. The summed E-state index contributed by atoms with van der Waals surface area (Å²) >= 11 is 0. The van der Waals surface area contributed by atoms with Gasteiger partial charge in [0.05, 0.1) is 0 Å². The molecule has 2 amide bonds. The van der Waals surface area contributed by atoms with Gasteiger partial charge in [0.15, 0.2) is 0 Å². The first-order valence-corrected chi connectivity index (χ1v) is 9.18. The quantitative estimate of drug-likeness (QED) is 0.676. The molecule has 7 nitrogen and oxygen atoms in total. The second-order valence-electron chi connectivity index (χ2n) is 6.73. The average molecular weight is 390 g/mol. The fraction of sp³-hybridized carbons (Fsp3) is 0.182. The first-order chi connectivity index (χ1) is 13.9. The van der Waals surface area contributed by atoms with Gasteiger partial charge < -0.3 is 15.2 Å². The number of amides is 2. The van der Waals surface area contributed by atoms with Gasteiger partial charge in [0, 0.05) is 30.2 Å². The van der Waals surface area contributed by atoms with Crippen LogP contribution < -0.4 is 16.2 Å². The van der Waals surface area contributed by atoms with E-state index in [0.29, 0.717) is 17.8 Å². The summed E-state index contributed by atoms with van der Waals surface area (Å²) in [7, 11) is 0. The second kappa shape index (κ2) is 8.97. The molecular weight excluding hydrogens is 368 g/mol. The number of carbonyl (C=O) groups is 2. The van der Waals surface area contributed by atoms with Crippen LogP contribution in [0.15, 0.2) is 65.7 Å². The number of benzene rings is 1. The summed E-state index contributed by atoms with van der Waals surface area (Å²) in [4.78, 5) is 41.4. The molecule has 0 saturated heterocycles. The first-order valence-electron chi connectivity index (χ1n) is 9.18. The van der Waals surface area contributed by atoms with Crippen molar-refractivity contribution in [2.75, 3.05) is 5.32 Å². The SMILES string of the molecule is Cc1ccc(C(=O)Nc2ccc(C)n(CC(=O)NCc3ccncc3)c2=O)cc1. The van der Waals surface area contributed by atoms with Crippen LogP contribution in [-0.2, 0) is 17.9 Å². The van der Waals surface area contributed by atoms with E-state index in [1.807, 2.05) is 19.1 Å². The summed E-state index contributed by atoms with van der Waals surface area (Å²) in [6, 6.07) is 13.9. The summed E-state index contributed by atoms with van der Waals surface area (Å²) in [5.41, 5.74) is 2.74. The number of aryl methyl sites for hydroxylation is 2. The molecule has 3 rings (SSSR count). The summed E-state index contributed by atoms with van der Waals surface area (Å²) < 4.78 is 1.34. The van der Waals surface area contributed by atoms with Crippen molar-refractivity contribution in [3.63, 3.8) is 0 Å². The molecule has 0 bridgehead atoms. The third-order valence-electron chi connectivity index (χ3n) is 4.50. The minimum atomic E-state index is -0.426. The maximum Gasteiger partial charge on any atom is 0.274 e. The van der Waals surface area contributed by atoms with E-state index in [-0.39, 0.29) is 24.0 Å². The molecule has 2 aromatic heterocycles. The molecule has 2 heterocycles. The molecule has 0 aliphatic heterocycles.